The number of unbranched alkanes of at least 4 members (excludes halogenated alkanes) is 9. The molecule has 0 aliphatic heterocycles. The Morgan fingerprint density at radius 2 is 1.58 bits per heavy atom. The van der Waals surface area contributed by atoms with E-state index in [1.54, 1.807) is 0 Å². The minimum Gasteiger partial charge on any atom is -0.484 e. The summed E-state index contributed by atoms with van der Waals surface area (Å²) in [5.74, 6) is 0.719. The fourth-order valence-electron chi connectivity index (χ4n) is 2.75. The zero-order valence-electron chi connectivity index (χ0n) is 15.6. The first-order valence-corrected chi connectivity index (χ1v) is 9.68. The minimum atomic E-state index is -0.0348. The van der Waals surface area contributed by atoms with Crippen LogP contribution in [0.4, 0.5) is 0 Å². The van der Waals surface area contributed by atoms with Gasteiger partial charge in [-0.05, 0) is 31.0 Å². The number of amides is 1. The first kappa shape index (κ1) is 20.5. The number of benzene rings is 1. The van der Waals surface area contributed by atoms with Crippen LogP contribution >= 0.6 is 0 Å². The maximum Gasteiger partial charge on any atom is 0.257 e. The van der Waals surface area contributed by atoms with Crippen molar-refractivity contribution < 1.29 is 9.53 Å². The number of carbonyl (C=O) groups excluding carboxylic acids is 1. The summed E-state index contributed by atoms with van der Waals surface area (Å²) in [5.41, 5.74) is 1.14. The van der Waals surface area contributed by atoms with Crippen LogP contribution in [-0.2, 0) is 4.79 Å². The predicted octanol–water partition coefficient (Wildman–Crippen LogP) is 5.41. The minimum absolute atomic E-state index is 0.0348. The van der Waals surface area contributed by atoms with Gasteiger partial charge < -0.3 is 10.1 Å². The molecular weight excluding hydrogens is 298 g/mol. The molecule has 1 N–H and O–H groups in total. The highest BCUT2D eigenvalue weighted by atomic mass is 16.5. The molecule has 0 aromatic heterocycles. The van der Waals surface area contributed by atoms with Gasteiger partial charge in [0.2, 0.25) is 0 Å². The Morgan fingerprint density at radius 1 is 0.958 bits per heavy atom. The van der Waals surface area contributed by atoms with Crippen molar-refractivity contribution in [3.05, 3.63) is 29.8 Å². The summed E-state index contributed by atoms with van der Waals surface area (Å²) in [6.45, 7) is 5.12. The van der Waals surface area contributed by atoms with Gasteiger partial charge in [-0.1, -0.05) is 76.8 Å². The lowest BCUT2D eigenvalue weighted by Crippen LogP contribution is -2.29. The Bertz CT molecular complexity index is 445. The van der Waals surface area contributed by atoms with E-state index in [-0.39, 0.29) is 12.5 Å². The molecule has 1 aromatic carbocycles. The molecule has 0 spiro atoms. The molecule has 0 atom stereocenters. The van der Waals surface area contributed by atoms with Crippen LogP contribution in [-0.4, -0.2) is 19.1 Å². The van der Waals surface area contributed by atoms with Gasteiger partial charge in [0.05, 0.1) is 0 Å². The topological polar surface area (TPSA) is 38.3 Å². The molecule has 0 unspecified atom stereocenters. The van der Waals surface area contributed by atoms with E-state index in [4.69, 9.17) is 4.74 Å². The van der Waals surface area contributed by atoms with Crippen molar-refractivity contribution in [2.45, 2.75) is 78.1 Å². The maximum absolute atomic E-state index is 11.7. The molecule has 3 heteroatoms. The van der Waals surface area contributed by atoms with Crippen LogP contribution in [0, 0.1) is 6.92 Å². The van der Waals surface area contributed by atoms with Gasteiger partial charge in [-0.15, -0.1) is 0 Å². The van der Waals surface area contributed by atoms with Crippen molar-refractivity contribution in [3.63, 3.8) is 0 Å². The molecule has 0 radical (unpaired) electrons. The lowest BCUT2D eigenvalue weighted by molar-refractivity contribution is -0.123. The fraction of sp³-hybridized carbons (Fsp3) is 0.667. The molecular formula is C21H35NO2. The standard InChI is InChI=1S/C21H35NO2/c1-3-4-5-6-7-8-9-10-11-12-16-22-21(23)18-24-20-15-13-14-19(2)17-20/h13-15,17H,3-12,16,18H2,1-2H3,(H,22,23). The van der Waals surface area contributed by atoms with Crippen molar-refractivity contribution in [1.29, 1.82) is 0 Å². The van der Waals surface area contributed by atoms with Crippen LogP contribution in [0.1, 0.15) is 76.7 Å². The summed E-state index contributed by atoms with van der Waals surface area (Å²) in [5, 5.41) is 2.93. The zero-order chi connectivity index (χ0) is 17.5. The molecule has 136 valence electrons. The Kier molecular flexibility index (Phi) is 11.9. The molecule has 0 saturated heterocycles. The summed E-state index contributed by atoms with van der Waals surface area (Å²) < 4.78 is 5.49. The Labute approximate surface area is 148 Å². The van der Waals surface area contributed by atoms with Crippen molar-refractivity contribution >= 4 is 5.91 Å². The van der Waals surface area contributed by atoms with Gasteiger partial charge in [-0.3, -0.25) is 4.79 Å². The molecule has 1 rings (SSSR count). The lowest BCUT2D eigenvalue weighted by Gasteiger charge is -2.08. The van der Waals surface area contributed by atoms with Gasteiger partial charge in [0.1, 0.15) is 5.75 Å². The van der Waals surface area contributed by atoms with Gasteiger partial charge in [-0.2, -0.15) is 0 Å². The van der Waals surface area contributed by atoms with Gasteiger partial charge in [0.25, 0.3) is 5.91 Å². The lowest BCUT2D eigenvalue weighted by atomic mass is 10.1. The first-order valence-electron chi connectivity index (χ1n) is 9.68. The quantitative estimate of drug-likeness (QED) is 0.462. The summed E-state index contributed by atoms with van der Waals surface area (Å²) in [6, 6.07) is 7.77. The van der Waals surface area contributed by atoms with Crippen LogP contribution in [0.3, 0.4) is 0 Å². The average molecular weight is 334 g/mol. The number of rotatable bonds is 14. The molecule has 0 bridgehead atoms. The van der Waals surface area contributed by atoms with Gasteiger partial charge in [0.15, 0.2) is 6.61 Å². The molecule has 1 aromatic rings. The number of nitrogens with one attached hydrogen (secondary N) is 1. The third-order valence-corrected chi connectivity index (χ3v) is 4.21. The van der Waals surface area contributed by atoms with E-state index in [1.807, 2.05) is 31.2 Å². The second kappa shape index (κ2) is 13.9. The summed E-state index contributed by atoms with van der Waals surface area (Å²) >= 11 is 0. The van der Waals surface area contributed by atoms with E-state index < -0.39 is 0 Å². The molecule has 0 fully saturated rings. The Balaban J connectivity index is 1.89. The van der Waals surface area contributed by atoms with E-state index in [9.17, 15) is 4.79 Å². The van der Waals surface area contributed by atoms with Crippen molar-refractivity contribution in [2.75, 3.05) is 13.2 Å². The van der Waals surface area contributed by atoms with Crippen molar-refractivity contribution in [2.24, 2.45) is 0 Å². The Hall–Kier alpha value is -1.51. The molecule has 0 saturated carbocycles. The summed E-state index contributed by atoms with van der Waals surface area (Å²) in [7, 11) is 0. The van der Waals surface area contributed by atoms with Crippen LogP contribution in [0.15, 0.2) is 24.3 Å². The van der Waals surface area contributed by atoms with Crippen LogP contribution < -0.4 is 10.1 Å². The Morgan fingerprint density at radius 3 is 2.21 bits per heavy atom. The van der Waals surface area contributed by atoms with E-state index in [0.29, 0.717) is 0 Å². The number of ether oxygens (including phenoxy) is 1. The predicted molar refractivity (Wildman–Crippen MR) is 102 cm³/mol. The number of hydrogen-bond acceptors (Lipinski definition) is 2. The van der Waals surface area contributed by atoms with Crippen LogP contribution in [0.25, 0.3) is 0 Å². The number of carbonyl (C=O) groups is 1. The first-order chi connectivity index (χ1) is 11.7. The smallest absolute Gasteiger partial charge is 0.257 e. The van der Waals surface area contributed by atoms with E-state index in [0.717, 1.165) is 24.3 Å². The molecule has 3 nitrogen and oxygen atoms in total. The van der Waals surface area contributed by atoms with Crippen LogP contribution in [0.2, 0.25) is 0 Å². The molecule has 1 amide bonds. The summed E-state index contributed by atoms with van der Waals surface area (Å²) in [4.78, 5) is 11.7. The third-order valence-electron chi connectivity index (χ3n) is 4.21. The number of aryl methyl sites for hydroxylation is 1. The SMILES string of the molecule is CCCCCCCCCCCCNC(=O)COc1cccc(C)c1. The normalized spacial score (nSPS) is 10.6. The second-order valence-corrected chi connectivity index (χ2v) is 6.64. The molecule has 24 heavy (non-hydrogen) atoms. The van der Waals surface area contributed by atoms with Gasteiger partial charge >= 0.3 is 0 Å². The second-order valence-electron chi connectivity index (χ2n) is 6.64. The van der Waals surface area contributed by atoms with E-state index in [2.05, 4.69) is 12.2 Å². The largest absolute Gasteiger partial charge is 0.484 e. The van der Waals surface area contributed by atoms with Gasteiger partial charge in [0, 0.05) is 6.54 Å². The maximum atomic E-state index is 11.7. The van der Waals surface area contributed by atoms with E-state index >= 15 is 0 Å². The van der Waals surface area contributed by atoms with Crippen molar-refractivity contribution in [1.82, 2.24) is 5.32 Å². The van der Waals surface area contributed by atoms with Crippen LogP contribution in [0.5, 0.6) is 5.75 Å². The monoisotopic (exact) mass is 333 g/mol. The fourth-order valence-corrected chi connectivity index (χ4v) is 2.75. The average Bonchev–Trinajstić information content (AvgIpc) is 2.58. The highest BCUT2D eigenvalue weighted by Crippen LogP contribution is 2.12. The molecule has 0 aliphatic carbocycles. The molecule has 0 aliphatic rings. The van der Waals surface area contributed by atoms with E-state index in [1.165, 1.54) is 57.8 Å². The molecule has 0 heterocycles. The zero-order valence-corrected chi connectivity index (χ0v) is 15.6. The highest BCUT2D eigenvalue weighted by Gasteiger charge is 2.02. The van der Waals surface area contributed by atoms with Crippen molar-refractivity contribution in [3.8, 4) is 5.75 Å². The van der Waals surface area contributed by atoms with Gasteiger partial charge in [-0.25, -0.2) is 0 Å². The third kappa shape index (κ3) is 11.1. The summed E-state index contributed by atoms with van der Waals surface area (Å²) in [6.07, 6.45) is 13.1. The highest BCUT2D eigenvalue weighted by molar-refractivity contribution is 5.77. The number of hydrogen-bond donors (Lipinski definition) is 1.